The van der Waals surface area contributed by atoms with Crippen molar-refractivity contribution in [2.24, 2.45) is 4.99 Å². The maximum atomic E-state index is 13.7. The number of thioether (sulfide) groups is 1. The molecule has 9 heteroatoms. The fourth-order valence-electron chi connectivity index (χ4n) is 3.88. The van der Waals surface area contributed by atoms with E-state index >= 15 is 0 Å². The molecule has 202 valence electrons. The van der Waals surface area contributed by atoms with E-state index in [1.807, 2.05) is 44.2 Å². The van der Waals surface area contributed by atoms with Gasteiger partial charge in [-0.1, -0.05) is 65.1 Å². The van der Waals surface area contributed by atoms with Crippen LogP contribution in [0, 0.1) is 19.7 Å². The Morgan fingerprint density at radius 1 is 0.875 bits per heavy atom. The average Bonchev–Trinajstić information content (AvgIpc) is 3.22. The summed E-state index contributed by atoms with van der Waals surface area (Å²) in [5.41, 5.74) is 4.61. The summed E-state index contributed by atoms with van der Waals surface area (Å²) in [5.74, 6) is -0.0685. The number of anilines is 1. The van der Waals surface area contributed by atoms with Crippen molar-refractivity contribution < 1.29 is 13.9 Å². The molecule has 40 heavy (non-hydrogen) atoms. The summed E-state index contributed by atoms with van der Waals surface area (Å²) < 4.78 is 19.0. The van der Waals surface area contributed by atoms with E-state index < -0.39 is 0 Å². The number of rotatable bonds is 6. The molecule has 0 atom stereocenters. The predicted molar refractivity (Wildman–Crippen MR) is 165 cm³/mol. The van der Waals surface area contributed by atoms with Gasteiger partial charge in [0.1, 0.15) is 18.2 Å². The van der Waals surface area contributed by atoms with Gasteiger partial charge in [0.15, 0.2) is 5.17 Å². The van der Waals surface area contributed by atoms with Crippen LogP contribution in [0.3, 0.4) is 0 Å². The van der Waals surface area contributed by atoms with Gasteiger partial charge in [-0.25, -0.2) is 9.38 Å². The summed E-state index contributed by atoms with van der Waals surface area (Å²) in [5, 5.41) is 2.00. The highest BCUT2D eigenvalue weighted by molar-refractivity contribution is 8.19. The largest absolute Gasteiger partial charge is 0.487 e. The van der Waals surface area contributed by atoms with E-state index in [4.69, 9.17) is 44.5 Å². The van der Waals surface area contributed by atoms with Gasteiger partial charge in [-0.2, -0.15) is 0 Å². The van der Waals surface area contributed by atoms with Crippen molar-refractivity contribution >= 4 is 75.1 Å². The van der Waals surface area contributed by atoms with E-state index in [2.05, 4.69) is 0 Å². The van der Waals surface area contributed by atoms with Crippen molar-refractivity contribution in [2.75, 3.05) is 4.90 Å². The van der Waals surface area contributed by atoms with Gasteiger partial charge in [-0.05, 0) is 102 Å². The molecule has 0 bridgehead atoms. The summed E-state index contributed by atoms with van der Waals surface area (Å²) in [4.78, 5) is 20.4. The van der Waals surface area contributed by atoms with Crippen molar-refractivity contribution in [3.05, 3.63) is 127 Å². The highest BCUT2D eigenvalue weighted by Crippen LogP contribution is 2.39. The van der Waals surface area contributed by atoms with Crippen LogP contribution in [0.1, 0.15) is 22.3 Å². The number of benzene rings is 4. The summed E-state index contributed by atoms with van der Waals surface area (Å²) in [6.07, 6.45) is 1.76. The standard InChI is InChI=1S/C31H22Cl3FN2O2S/c1-18-3-10-23(15-25(18)32)36-31-37(24-11-4-19(2)26(33)16-24)30(38)29(40-31)14-21-7-12-28(27(34)13-21)39-17-20-5-8-22(35)9-6-20/h3-16H,17H2,1-2H3/b29-14+,36-31?. The van der Waals surface area contributed by atoms with Crippen LogP contribution in [0.25, 0.3) is 6.08 Å². The van der Waals surface area contributed by atoms with Crippen molar-refractivity contribution in [2.45, 2.75) is 20.5 Å². The monoisotopic (exact) mass is 610 g/mol. The Hall–Kier alpha value is -3.29. The quantitative estimate of drug-likeness (QED) is 0.204. The Kier molecular flexibility index (Phi) is 8.52. The van der Waals surface area contributed by atoms with Gasteiger partial charge in [0.2, 0.25) is 0 Å². The maximum Gasteiger partial charge on any atom is 0.271 e. The lowest BCUT2D eigenvalue weighted by atomic mass is 10.2. The molecule has 1 heterocycles. The molecule has 4 aromatic rings. The topological polar surface area (TPSA) is 41.9 Å². The van der Waals surface area contributed by atoms with Crippen LogP contribution in [0.2, 0.25) is 15.1 Å². The average molecular weight is 612 g/mol. The first-order valence-corrected chi connectivity index (χ1v) is 14.1. The number of amides is 1. The molecule has 1 saturated heterocycles. The van der Waals surface area contributed by atoms with Crippen molar-refractivity contribution in [1.29, 1.82) is 0 Å². The lowest BCUT2D eigenvalue weighted by Crippen LogP contribution is -2.28. The molecule has 1 amide bonds. The van der Waals surface area contributed by atoms with Gasteiger partial charge in [0.25, 0.3) is 5.91 Å². The number of carbonyl (C=O) groups is 1. The normalized spacial score (nSPS) is 15.3. The van der Waals surface area contributed by atoms with Crippen LogP contribution < -0.4 is 9.64 Å². The molecule has 0 saturated carbocycles. The van der Waals surface area contributed by atoms with Gasteiger partial charge in [-0.3, -0.25) is 9.69 Å². The Morgan fingerprint density at radius 2 is 1.57 bits per heavy atom. The maximum absolute atomic E-state index is 13.7. The van der Waals surface area contributed by atoms with Gasteiger partial charge in [-0.15, -0.1) is 0 Å². The second-order valence-electron chi connectivity index (χ2n) is 9.12. The van der Waals surface area contributed by atoms with Crippen molar-refractivity contribution in [3.8, 4) is 5.75 Å². The van der Waals surface area contributed by atoms with Crippen molar-refractivity contribution in [1.82, 2.24) is 0 Å². The molecule has 1 fully saturated rings. The molecular formula is C31H22Cl3FN2O2S. The van der Waals surface area contributed by atoms with E-state index in [1.54, 1.807) is 42.5 Å². The molecule has 0 N–H and O–H groups in total. The molecule has 5 rings (SSSR count). The van der Waals surface area contributed by atoms with E-state index in [0.29, 0.717) is 42.3 Å². The molecule has 0 radical (unpaired) electrons. The van der Waals surface area contributed by atoms with Crippen LogP contribution in [0.4, 0.5) is 15.8 Å². The minimum absolute atomic E-state index is 0.241. The Bertz CT molecular complexity index is 1670. The van der Waals surface area contributed by atoms with Crippen LogP contribution in [0.5, 0.6) is 5.75 Å². The van der Waals surface area contributed by atoms with Gasteiger partial charge in [0, 0.05) is 10.0 Å². The van der Waals surface area contributed by atoms with E-state index in [0.717, 1.165) is 22.3 Å². The predicted octanol–water partition coefficient (Wildman–Crippen LogP) is 9.79. The molecule has 0 unspecified atom stereocenters. The third-order valence-electron chi connectivity index (χ3n) is 6.16. The van der Waals surface area contributed by atoms with Crippen LogP contribution in [-0.4, -0.2) is 11.1 Å². The number of halogens is 4. The van der Waals surface area contributed by atoms with Gasteiger partial charge in [0.05, 0.1) is 21.3 Å². The van der Waals surface area contributed by atoms with E-state index in [9.17, 15) is 9.18 Å². The number of hydrogen-bond acceptors (Lipinski definition) is 4. The zero-order valence-corrected chi connectivity index (χ0v) is 24.5. The van der Waals surface area contributed by atoms with Crippen molar-refractivity contribution in [3.63, 3.8) is 0 Å². The number of amidine groups is 1. The van der Waals surface area contributed by atoms with Gasteiger partial charge >= 0.3 is 0 Å². The highest BCUT2D eigenvalue weighted by atomic mass is 35.5. The molecule has 0 aromatic heterocycles. The van der Waals surface area contributed by atoms with Crippen LogP contribution in [0.15, 0.2) is 88.8 Å². The minimum Gasteiger partial charge on any atom is -0.487 e. The summed E-state index contributed by atoms with van der Waals surface area (Å²) >= 11 is 20.5. The van der Waals surface area contributed by atoms with Crippen LogP contribution in [-0.2, 0) is 11.4 Å². The second-order valence-corrected chi connectivity index (χ2v) is 11.3. The Balaban J connectivity index is 1.44. The molecule has 0 spiro atoms. The molecule has 4 nitrogen and oxygen atoms in total. The first kappa shape index (κ1) is 28.2. The molecule has 1 aliphatic heterocycles. The number of aliphatic imine (C=N–C) groups is 1. The first-order chi connectivity index (χ1) is 19.2. The molecule has 4 aromatic carbocycles. The third-order valence-corrected chi connectivity index (χ3v) is 8.24. The highest BCUT2D eigenvalue weighted by Gasteiger charge is 2.35. The molecule has 1 aliphatic rings. The number of hydrogen-bond donors (Lipinski definition) is 0. The van der Waals surface area contributed by atoms with Gasteiger partial charge < -0.3 is 4.74 Å². The van der Waals surface area contributed by atoms with Crippen LogP contribution >= 0.6 is 46.6 Å². The number of ether oxygens (including phenoxy) is 1. The Morgan fingerprint density at radius 3 is 2.25 bits per heavy atom. The lowest BCUT2D eigenvalue weighted by molar-refractivity contribution is -0.113. The third kappa shape index (κ3) is 6.37. The smallest absolute Gasteiger partial charge is 0.271 e. The Labute approximate surface area is 251 Å². The fourth-order valence-corrected chi connectivity index (χ4v) is 5.47. The van der Waals surface area contributed by atoms with E-state index in [1.165, 1.54) is 28.8 Å². The zero-order valence-electron chi connectivity index (χ0n) is 21.4. The molecule has 0 aliphatic carbocycles. The SMILES string of the molecule is Cc1ccc(N=C2S/C(=C/c3ccc(OCc4ccc(F)cc4)c(Cl)c3)C(=O)N2c2ccc(C)c(Cl)c2)cc1Cl. The number of carbonyl (C=O) groups excluding carboxylic acids is 1. The number of nitrogens with zero attached hydrogens (tertiary/aromatic N) is 2. The summed E-state index contributed by atoms with van der Waals surface area (Å²) in [6, 6.07) is 22.3. The minimum atomic E-state index is -0.307. The number of aryl methyl sites for hydroxylation is 2. The second kappa shape index (κ2) is 12.1. The first-order valence-electron chi connectivity index (χ1n) is 12.2. The summed E-state index contributed by atoms with van der Waals surface area (Å²) in [6.45, 7) is 4.06. The molecular weight excluding hydrogens is 590 g/mol. The fraction of sp³-hybridized carbons (Fsp3) is 0.0968. The lowest BCUT2D eigenvalue weighted by Gasteiger charge is -2.16. The zero-order chi connectivity index (χ0) is 28.4. The van der Waals surface area contributed by atoms with E-state index in [-0.39, 0.29) is 18.3 Å². The summed E-state index contributed by atoms with van der Waals surface area (Å²) in [7, 11) is 0.